The van der Waals surface area contributed by atoms with Crippen molar-refractivity contribution in [2.45, 2.75) is 51.1 Å². The number of fused-ring (bicyclic) bond motifs is 1. The van der Waals surface area contributed by atoms with Gasteiger partial charge >= 0.3 is 12.0 Å². The van der Waals surface area contributed by atoms with Gasteiger partial charge in [0, 0.05) is 6.42 Å². The van der Waals surface area contributed by atoms with Crippen molar-refractivity contribution in [1.82, 2.24) is 10.6 Å². The summed E-state index contributed by atoms with van der Waals surface area (Å²) >= 11 is 0. The third-order valence-electron chi connectivity index (χ3n) is 5.48. The number of hydrogen-bond donors (Lipinski definition) is 3. The lowest BCUT2D eigenvalue weighted by Gasteiger charge is -2.20. The van der Waals surface area contributed by atoms with Gasteiger partial charge in [-0.15, -0.1) is 0 Å². The van der Waals surface area contributed by atoms with E-state index in [4.69, 9.17) is 10.5 Å². The van der Waals surface area contributed by atoms with Crippen LogP contribution in [0, 0.1) is 0 Å². The number of esters is 1. The van der Waals surface area contributed by atoms with Crippen molar-refractivity contribution in [1.29, 1.82) is 0 Å². The number of benzene rings is 2. The number of urea groups is 1. The van der Waals surface area contributed by atoms with E-state index in [0.29, 0.717) is 0 Å². The maximum Gasteiger partial charge on any atom is 0.329 e. The van der Waals surface area contributed by atoms with Gasteiger partial charge in [0.15, 0.2) is 6.61 Å². The first-order valence-corrected chi connectivity index (χ1v) is 10.6. The Morgan fingerprint density at radius 1 is 1.00 bits per heavy atom. The normalized spacial score (nSPS) is 14.6. The van der Waals surface area contributed by atoms with Gasteiger partial charge in [0.25, 0.3) is 5.91 Å². The molecule has 7 nitrogen and oxygen atoms in total. The van der Waals surface area contributed by atoms with Gasteiger partial charge in [-0.3, -0.25) is 4.79 Å². The van der Waals surface area contributed by atoms with Gasteiger partial charge in [-0.05, 0) is 54.9 Å². The lowest BCUT2D eigenvalue weighted by molar-refractivity contribution is -0.150. The van der Waals surface area contributed by atoms with Crippen molar-refractivity contribution in [2.24, 2.45) is 5.73 Å². The van der Waals surface area contributed by atoms with Crippen LogP contribution in [-0.2, 0) is 33.6 Å². The molecule has 0 spiro atoms. The molecule has 164 valence electrons. The van der Waals surface area contributed by atoms with Gasteiger partial charge in [0.1, 0.15) is 6.04 Å². The van der Waals surface area contributed by atoms with Crippen LogP contribution in [-0.4, -0.2) is 30.6 Å². The fourth-order valence-electron chi connectivity index (χ4n) is 3.84. The number of ether oxygens (including phenoxy) is 1. The van der Waals surface area contributed by atoms with Gasteiger partial charge in [0.2, 0.25) is 0 Å². The summed E-state index contributed by atoms with van der Waals surface area (Å²) in [6.07, 6.45) is 4.80. The van der Waals surface area contributed by atoms with Crippen molar-refractivity contribution < 1.29 is 19.1 Å². The Kier molecular flexibility index (Phi) is 7.65. The van der Waals surface area contributed by atoms with Gasteiger partial charge < -0.3 is 21.1 Å². The second kappa shape index (κ2) is 10.6. The van der Waals surface area contributed by atoms with E-state index in [-0.39, 0.29) is 12.5 Å². The molecule has 7 heteroatoms. The highest BCUT2D eigenvalue weighted by molar-refractivity contribution is 5.85. The molecule has 0 radical (unpaired) electrons. The molecule has 0 heterocycles. The van der Waals surface area contributed by atoms with Crippen LogP contribution in [0.25, 0.3) is 0 Å². The number of nitrogens with two attached hydrogens (primary N) is 1. The van der Waals surface area contributed by atoms with Crippen LogP contribution >= 0.6 is 0 Å². The van der Waals surface area contributed by atoms with Gasteiger partial charge in [-0.25, -0.2) is 9.59 Å². The Morgan fingerprint density at radius 2 is 1.71 bits per heavy atom. The number of carbonyl (C=O) groups is 3. The minimum Gasteiger partial charge on any atom is -0.454 e. The zero-order valence-electron chi connectivity index (χ0n) is 17.7. The van der Waals surface area contributed by atoms with Crippen LogP contribution in [0.15, 0.2) is 48.5 Å². The summed E-state index contributed by atoms with van der Waals surface area (Å²) in [7, 11) is 0. The van der Waals surface area contributed by atoms with Crippen LogP contribution in [0.2, 0.25) is 0 Å². The second-order valence-corrected chi connectivity index (χ2v) is 7.88. The van der Waals surface area contributed by atoms with Crippen molar-refractivity contribution in [3.05, 3.63) is 70.8 Å². The van der Waals surface area contributed by atoms with E-state index in [9.17, 15) is 14.4 Å². The molecule has 2 aromatic rings. The summed E-state index contributed by atoms with van der Waals surface area (Å²) in [5, 5.41) is 5.24. The third kappa shape index (κ3) is 6.57. The maximum absolute atomic E-state index is 12.4. The van der Waals surface area contributed by atoms with Crippen LogP contribution in [0.4, 0.5) is 4.79 Å². The van der Waals surface area contributed by atoms with E-state index >= 15 is 0 Å². The maximum atomic E-state index is 12.4. The van der Waals surface area contributed by atoms with Crippen molar-refractivity contribution in [2.75, 3.05) is 6.61 Å². The van der Waals surface area contributed by atoms with E-state index in [1.165, 1.54) is 24.0 Å². The van der Waals surface area contributed by atoms with Gasteiger partial charge in [0.05, 0.1) is 6.04 Å². The van der Waals surface area contributed by atoms with E-state index in [1.54, 1.807) is 0 Å². The largest absolute Gasteiger partial charge is 0.454 e. The molecule has 2 aromatic carbocycles. The molecule has 0 aromatic heterocycles. The summed E-state index contributed by atoms with van der Waals surface area (Å²) in [5.41, 5.74) is 9.77. The summed E-state index contributed by atoms with van der Waals surface area (Å²) in [6, 6.07) is 13.5. The topological polar surface area (TPSA) is 111 Å². The summed E-state index contributed by atoms with van der Waals surface area (Å²) < 4.78 is 5.15. The number of primary amides is 1. The van der Waals surface area contributed by atoms with E-state index in [2.05, 4.69) is 22.8 Å². The fourth-order valence-corrected chi connectivity index (χ4v) is 3.84. The molecule has 0 unspecified atom stereocenters. The highest BCUT2D eigenvalue weighted by atomic mass is 16.5. The first-order valence-electron chi connectivity index (χ1n) is 10.6. The molecule has 3 rings (SSSR count). The number of carbonyl (C=O) groups excluding carboxylic acids is 3. The number of rotatable bonds is 8. The predicted octanol–water partition coefficient (Wildman–Crippen LogP) is 2.57. The van der Waals surface area contributed by atoms with Crippen LogP contribution in [0.1, 0.15) is 48.1 Å². The molecule has 31 heavy (non-hydrogen) atoms. The smallest absolute Gasteiger partial charge is 0.329 e. The second-order valence-electron chi connectivity index (χ2n) is 7.88. The Balaban J connectivity index is 1.53. The molecule has 0 aliphatic heterocycles. The highest BCUT2D eigenvalue weighted by Crippen LogP contribution is 2.24. The molecular formula is C24H29N3O4. The Labute approximate surface area is 182 Å². The molecule has 1 aliphatic rings. The number of amides is 3. The number of hydrogen-bond acceptors (Lipinski definition) is 4. The van der Waals surface area contributed by atoms with Gasteiger partial charge in [-0.1, -0.05) is 48.5 Å². The first kappa shape index (κ1) is 22.3. The van der Waals surface area contributed by atoms with Crippen molar-refractivity contribution in [3.63, 3.8) is 0 Å². The van der Waals surface area contributed by atoms with E-state index in [1.807, 2.05) is 43.3 Å². The molecule has 0 saturated carbocycles. The minimum absolute atomic E-state index is 0.206. The number of nitrogens with one attached hydrogen (secondary N) is 2. The highest BCUT2D eigenvalue weighted by Gasteiger charge is 2.23. The molecule has 2 atom stereocenters. The SMILES string of the molecule is C[C@H](NC(=O)COC(=O)[C@H](Cc1ccccc1)NC(N)=O)c1ccc2c(c1)CCCC2. The average molecular weight is 424 g/mol. The lowest BCUT2D eigenvalue weighted by atomic mass is 9.89. The zero-order chi connectivity index (χ0) is 22.2. The molecule has 0 bridgehead atoms. The molecular weight excluding hydrogens is 394 g/mol. The quantitative estimate of drug-likeness (QED) is 0.567. The molecule has 1 aliphatic carbocycles. The predicted molar refractivity (Wildman–Crippen MR) is 117 cm³/mol. The van der Waals surface area contributed by atoms with Crippen LogP contribution < -0.4 is 16.4 Å². The molecule has 3 amide bonds. The van der Waals surface area contributed by atoms with Crippen LogP contribution in [0.3, 0.4) is 0 Å². The average Bonchev–Trinajstić information content (AvgIpc) is 2.77. The number of aryl methyl sites for hydroxylation is 2. The first-order chi connectivity index (χ1) is 14.9. The Bertz CT molecular complexity index is 930. The monoisotopic (exact) mass is 423 g/mol. The van der Waals surface area contributed by atoms with Gasteiger partial charge in [-0.2, -0.15) is 0 Å². The van der Waals surface area contributed by atoms with E-state index in [0.717, 1.165) is 24.0 Å². The standard InChI is InChI=1S/C24H29N3O4/c1-16(19-12-11-18-9-5-6-10-20(18)14-19)26-22(28)15-31-23(29)21(27-24(25)30)13-17-7-3-2-4-8-17/h2-4,7-8,11-12,14,16,21H,5-6,9-10,13,15H2,1H3,(H,26,28)(H3,25,27,30)/t16-,21-/m0/s1. The van der Waals surface area contributed by atoms with Crippen LogP contribution in [0.5, 0.6) is 0 Å². The molecule has 0 saturated heterocycles. The third-order valence-corrected chi connectivity index (χ3v) is 5.48. The van der Waals surface area contributed by atoms with Crippen molar-refractivity contribution >= 4 is 17.9 Å². The Hall–Kier alpha value is -3.35. The zero-order valence-corrected chi connectivity index (χ0v) is 17.7. The molecule has 0 fully saturated rings. The fraction of sp³-hybridized carbons (Fsp3) is 0.375. The van der Waals surface area contributed by atoms with E-state index < -0.39 is 30.6 Å². The van der Waals surface area contributed by atoms with Crippen molar-refractivity contribution in [3.8, 4) is 0 Å². The minimum atomic E-state index is -0.967. The lowest BCUT2D eigenvalue weighted by Crippen LogP contribution is -2.46. The summed E-state index contributed by atoms with van der Waals surface area (Å²) in [5.74, 6) is -1.12. The summed E-state index contributed by atoms with van der Waals surface area (Å²) in [6.45, 7) is 1.47. The Morgan fingerprint density at radius 3 is 2.42 bits per heavy atom. The molecule has 4 N–H and O–H groups in total. The summed E-state index contributed by atoms with van der Waals surface area (Å²) in [4.78, 5) is 36.0.